The van der Waals surface area contributed by atoms with E-state index in [1.807, 2.05) is 30.7 Å². The van der Waals surface area contributed by atoms with Crippen LogP contribution < -0.4 is 10.2 Å². The van der Waals surface area contributed by atoms with Gasteiger partial charge in [0.1, 0.15) is 6.33 Å². The van der Waals surface area contributed by atoms with Gasteiger partial charge in [0.15, 0.2) is 5.82 Å². The molecule has 2 amide bonds. The van der Waals surface area contributed by atoms with Crippen LogP contribution in [0.15, 0.2) is 24.5 Å². The van der Waals surface area contributed by atoms with Crippen LogP contribution in [0.2, 0.25) is 0 Å². The Kier molecular flexibility index (Phi) is 5.30. The second-order valence-corrected chi connectivity index (χ2v) is 7.74. The number of nitrogens with zero attached hydrogens (tertiary/aromatic N) is 4. The Labute approximate surface area is 159 Å². The third-order valence-corrected chi connectivity index (χ3v) is 4.74. The molecule has 1 aromatic heterocycles. The first-order valence-corrected chi connectivity index (χ1v) is 9.39. The normalized spacial score (nSPS) is 16.1. The summed E-state index contributed by atoms with van der Waals surface area (Å²) >= 11 is 0. The molecule has 7 heteroatoms. The monoisotopic (exact) mass is 369 g/mol. The van der Waals surface area contributed by atoms with Crippen molar-refractivity contribution in [3.8, 4) is 0 Å². The van der Waals surface area contributed by atoms with E-state index in [4.69, 9.17) is 0 Å². The van der Waals surface area contributed by atoms with Gasteiger partial charge in [0.05, 0.1) is 5.92 Å². The smallest absolute Gasteiger partial charge is 0.251 e. The van der Waals surface area contributed by atoms with Gasteiger partial charge >= 0.3 is 0 Å². The molecule has 144 valence electrons. The number of carbonyl (C=O) groups excluding carboxylic acids is 2. The van der Waals surface area contributed by atoms with Crippen molar-refractivity contribution in [2.24, 2.45) is 5.92 Å². The molecular weight excluding hydrogens is 342 g/mol. The fourth-order valence-corrected chi connectivity index (χ4v) is 3.21. The molecule has 0 radical (unpaired) electrons. The SMILES string of the molecule is CC(=O)N1CC(c2ncn(C(C)C)n2)c2cc(C(=O)NCC(C)C)ccc21. The van der Waals surface area contributed by atoms with Crippen molar-refractivity contribution in [3.63, 3.8) is 0 Å². The molecule has 2 aromatic rings. The lowest BCUT2D eigenvalue weighted by atomic mass is 9.98. The van der Waals surface area contributed by atoms with E-state index in [0.717, 1.165) is 11.3 Å². The highest BCUT2D eigenvalue weighted by atomic mass is 16.2. The van der Waals surface area contributed by atoms with Gasteiger partial charge in [-0.3, -0.25) is 14.3 Å². The Hall–Kier alpha value is -2.70. The highest BCUT2D eigenvalue weighted by Crippen LogP contribution is 2.39. The van der Waals surface area contributed by atoms with Crippen molar-refractivity contribution >= 4 is 17.5 Å². The summed E-state index contributed by atoms with van der Waals surface area (Å²) in [7, 11) is 0. The first-order valence-electron chi connectivity index (χ1n) is 9.39. The summed E-state index contributed by atoms with van der Waals surface area (Å²) in [4.78, 5) is 30.8. The summed E-state index contributed by atoms with van der Waals surface area (Å²) in [6, 6.07) is 5.70. The molecule has 1 aliphatic rings. The summed E-state index contributed by atoms with van der Waals surface area (Å²) in [6.45, 7) is 10.9. The predicted octanol–water partition coefficient (Wildman–Crippen LogP) is 2.74. The zero-order chi connectivity index (χ0) is 19.7. The molecule has 0 aliphatic carbocycles. The van der Waals surface area contributed by atoms with Crippen LogP contribution in [0.25, 0.3) is 0 Å². The van der Waals surface area contributed by atoms with Crippen molar-refractivity contribution in [2.75, 3.05) is 18.0 Å². The molecule has 3 rings (SSSR count). The molecule has 0 bridgehead atoms. The fourth-order valence-electron chi connectivity index (χ4n) is 3.21. The summed E-state index contributed by atoms with van der Waals surface area (Å²) in [5, 5.41) is 7.53. The standard InChI is InChI=1S/C20H27N5O2/c1-12(2)9-21-20(27)15-6-7-18-16(8-15)17(10-24(18)14(5)26)19-22-11-25(23-19)13(3)4/h6-8,11-13,17H,9-10H2,1-5H3,(H,21,27). The van der Waals surface area contributed by atoms with E-state index >= 15 is 0 Å². The number of aromatic nitrogens is 3. The van der Waals surface area contributed by atoms with E-state index in [1.54, 1.807) is 24.2 Å². The van der Waals surface area contributed by atoms with Gasteiger partial charge in [-0.25, -0.2) is 4.98 Å². The van der Waals surface area contributed by atoms with Crippen LogP contribution in [0, 0.1) is 5.92 Å². The highest BCUT2D eigenvalue weighted by Gasteiger charge is 2.35. The van der Waals surface area contributed by atoms with Crippen LogP contribution in [0.5, 0.6) is 0 Å². The predicted molar refractivity (Wildman–Crippen MR) is 104 cm³/mol. The molecule has 1 unspecified atom stereocenters. The second-order valence-electron chi connectivity index (χ2n) is 7.74. The molecule has 1 aliphatic heterocycles. The minimum absolute atomic E-state index is 0.0287. The maximum absolute atomic E-state index is 12.5. The molecule has 1 N–H and O–H groups in total. The van der Waals surface area contributed by atoms with Crippen LogP contribution in [0.1, 0.15) is 68.3 Å². The first kappa shape index (κ1) is 19.1. The zero-order valence-electron chi connectivity index (χ0n) is 16.6. The third-order valence-electron chi connectivity index (χ3n) is 4.74. The molecule has 0 saturated carbocycles. The van der Waals surface area contributed by atoms with Gasteiger partial charge in [-0.05, 0) is 43.5 Å². The van der Waals surface area contributed by atoms with E-state index in [-0.39, 0.29) is 23.8 Å². The minimum atomic E-state index is -0.137. The molecule has 27 heavy (non-hydrogen) atoms. The lowest BCUT2D eigenvalue weighted by molar-refractivity contribution is -0.116. The van der Waals surface area contributed by atoms with Crippen molar-refractivity contribution in [1.29, 1.82) is 0 Å². The number of fused-ring (bicyclic) bond motifs is 1. The van der Waals surface area contributed by atoms with Gasteiger partial charge < -0.3 is 10.2 Å². The largest absolute Gasteiger partial charge is 0.352 e. The maximum atomic E-state index is 12.5. The van der Waals surface area contributed by atoms with Crippen molar-refractivity contribution in [1.82, 2.24) is 20.1 Å². The Balaban J connectivity index is 1.96. The van der Waals surface area contributed by atoms with Gasteiger partial charge in [0.25, 0.3) is 5.91 Å². The topological polar surface area (TPSA) is 80.1 Å². The molecular formula is C20H27N5O2. The number of hydrogen-bond donors (Lipinski definition) is 1. The number of anilines is 1. The van der Waals surface area contributed by atoms with Crippen molar-refractivity contribution in [2.45, 2.75) is 46.6 Å². The van der Waals surface area contributed by atoms with Crippen molar-refractivity contribution in [3.05, 3.63) is 41.5 Å². The van der Waals surface area contributed by atoms with E-state index in [1.165, 1.54) is 0 Å². The van der Waals surface area contributed by atoms with Crippen LogP contribution in [0.4, 0.5) is 5.69 Å². The van der Waals surface area contributed by atoms with E-state index < -0.39 is 0 Å². The first-order chi connectivity index (χ1) is 12.8. The lowest BCUT2D eigenvalue weighted by Gasteiger charge is -2.15. The third kappa shape index (κ3) is 3.86. The second kappa shape index (κ2) is 7.50. The van der Waals surface area contributed by atoms with Gasteiger partial charge in [-0.2, -0.15) is 5.10 Å². The van der Waals surface area contributed by atoms with Crippen LogP contribution >= 0.6 is 0 Å². The Morgan fingerprint density at radius 1 is 1.26 bits per heavy atom. The number of benzene rings is 1. The van der Waals surface area contributed by atoms with E-state index in [9.17, 15) is 9.59 Å². The average Bonchev–Trinajstić information content (AvgIpc) is 3.23. The molecule has 0 spiro atoms. The lowest BCUT2D eigenvalue weighted by Crippen LogP contribution is -2.27. The van der Waals surface area contributed by atoms with Crippen LogP contribution in [-0.4, -0.2) is 39.7 Å². The Morgan fingerprint density at radius 3 is 2.59 bits per heavy atom. The molecule has 0 saturated heterocycles. The summed E-state index contributed by atoms with van der Waals surface area (Å²) in [5.74, 6) is 0.787. The number of carbonyl (C=O) groups is 2. The van der Waals surface area contributed by atoms with Gasteiger partial charge in [0, 0.05) is 37.3 Å². The Bertz CT molecular complexity index is 856. The van der Waals surface area contributed by atoms with Crippen molar-refractivity contribution < 1.29 is 9.59 Å². The van der Waals surface area contributed by atoms with Gasteiger partial charge in [0.2, 0.25) is 5.91 Å². The number of hydrogen-bond acceptors (Lipinski definition) is 4. The zero-order valence-corrected chi connectivity index (χ0v) is 16.6. The quantitative estimate of drug-likeness (QED) is 0.879. The van der Waals surface area contributed by atoms with Gasteiger partial charge in [-0.15, -0.1) is 0 Å². The summed E-state index contributed by atoms with van der Waals surface area (Å²) in [6.07, 6.45) is 1.72. The van der Waals surface area contributed by atoms with E-state index in [0.29, 0.717) is 30.4 Å². The van der Waals surface area contributed by atoms with Crippen LogP contribution in [0.3, 0.4) is 0 Å². The molecule has 0 fully saturated rings. The molecule has 1 atom stereocenters. The van der Waals surface area contributed by atoms with E-state index in [2.05, 4.69) is 29.2 Å². The van der Waals surface area contributed by atoms with Crippen LogP contribution in [-0.2, 0) is 4.79 Å². The highest BCUT2D eigenvalue weighted by molar-refractivity contribution is 5.98. The maximum Gasteiger partial charge on any atom is 0.251 e. The summed E-state index contributed by atoms with van der Waals surface area (Å²) < 4.78 is 1.81. The average molecular weight is 369 g/mol. The molecule has 2 heterocycles. The number of rotatable bonds is 5. The Morgan fingerprint density at radius 2 is 2.00 bits per heavy atom. The number of amides is 2. The number of nitrogens with one attached hydrogen (secondary N) is 1. The van der Waals surface area contributed by atoms with Gasteiger partial charge in [-0.1, -0.05) is 13.8 Å². The molecule has 7 nitrogen and oxygen atoms in total. The fraction of sp³-hybridized carbons (Fsp3) is 0.500. The summed E-state index contributed by atoms with van der Waals surface area (Å²) in [5.41, 5.74) is 2.34. The minimum Gasteiger partial charge on any atom is -0.352 e. The molecule has 1 aromatic carbocycles.